The van der Waals surface area contributed by atoms with Gasteiger partial charge in [0.25, 0.3) is 0 Å². The second-order valence-electron chi connectivity index (χ2n) is 3.93. The maximum absolute atomic E-state index is 4.55. The first-order chi connectivity index (χ1) is 7.36. The Morgan fingerprint density at radius 1 is 0.933 bits per heavy atom. The van der Waals surface area contributed by atoms with Crippen molar-refractivity contribution in [2.24, 2.45) is 0 Å². The van der Waals surface area contributed by atoms with E-state index >= 15 is 0 Å². The quantitative estimate of drug-likeness (QED) is 0.637. The highest BCUT2D eigenvalue weighted by Crippen LogP contribution is 2.17. The summed E-state index contributed by atoms with van der Waals surface area (Å²) in [6, 6.07) is 10.7. The van der Waals surface area contributed by atoms with Crippen LogP contribution in [0.15, 0.2) is 35.2 Å². The van der Waals surface area contributed by atoms with Crippen LogP contribution in [0.2, 0.25) is 0 Å². The number of hydrogen-bond acceptors (Lipinski definition) is 1. The third kappa shape index (κ3) is 1.38. The Hall–Kier alpha value is -1.21. The van der Waals surface area contributed by atoms with Crippen LogP contribution < -0.4 is 10.4 Å². The first kappa shape index (κ1) is 9.05. The minimum absolute atomic E-state index is 1.08. The zero-order valence-electron chi connectivity index (χ0n) is 8.40. The van der Waals surface area contributed by atoms with Crippen molar-refractivity contribution in [1.82, 2.24) is 0 Å². The topological polar surface area (TPSA) is 0 Å². The van der Waals surface area contributed by atoms with Crippen molar-refractivity contribution in [3.63, 3.8) is 0 Å². The van der Waals surface area contributed by atoms with Crippen molar-refractivity contribution in [3.05, 3.63) is 40.8 Å². The van der Waals surface area contributed by atoms with Crippen molar-refractivity contribution in [3.8, 4) is 0 Å². The standard InChI is InChI=1S/C14H12S/c15-14-9-10-5-1-2-6-11(10)12-7-3-4-8-13(12)14/h3-9,15H,1-2H2. The Morgan fingerprint density at radius 3 is 2.53 bits per heavy atom. The summed E-state index contributed by atoms with van der Waals surface area (Å²) in [5, 5.41) is 5.31. The molecule has 15 heavy (non-hydrogen) atoms. The number of benzene rings is 2. The Kier molecular flexibility index (Phi) is 2.06. The van der Waals surface area contributed by atoms with Crippen LogP contribution in [-0.2, 0) is 0 Å². The molecule has 0 radical (unpaired) electrons. The fraction of sp³-hybridized carbons (Fsp3) is 0.143. The summed E-state index contributed by atoms with van der Waals surface area (Å²) in [6.07, 6.45) is 6.95. The molecule has 0 amide bonds. The molecule has 0 N–H and O–H groups in total. The average Bonchev–Trinajstić information content (AvgIpc) is 2.30. The van der Waals surface area contributed by atoms with E-state index < -0.39 is 0 Å². The van der Waals surface area contributed by atoms with Gasteiger partial charge in [0.2, 0.25) is 0 Å². The van der Waals surface area contributed by atoms with Gasteiger partial charge in [-0.1, -0.05) is 36.4 Å². The maximum atomic E-state index is 4.55. The molecule has 0 aromatic heterocycles. The molecule has 0 atom stereocenters. The summed E-state index contributed by atoms with van der Waals surface area (Å²) in [5.74, 6) is 0. The van der Waals surface area contributed by atoms with Gasteiger partial charge in [-0.2, -0.15) is 0 Å². The highest BCUT2D eigenvalue weighted by atomic mass is 32.1. The molecular weight excluding hydrogens is 200 g/mol. The molecule has 0 spiro atoms. The summed E-state index contributed by atoms with van der Waals surface area (Å²) >= 11 is 4.55. The van der Waals surface area contributed by atoms with Gasteiger partial charge in [0.15, 0.2) is 0 Å². The van der Waals surface area contributed by atoms with Gasteiger partial charge in [-0.05, 0) is 40.1 Å². The average molecular weight is 212 g/mol. The van der Waals surface area contributed by atoms with Crippen molar-refractivity contribution < 1.29 is 0 Å². The van der Waals surface area contributed by atoms with E-state index in [1.54, 1.807) is 0 Å². The van der Waals surface area contributed by atoms with Gasteiger partial charge in [-0.15, -0.1) is 12.6 Å². The van der Waals surface area contributed by atoms with Crippen LogP contribution in [0.1, 0.15) is 12.8 Å². The molecule has 0 fully saturated rings. The fourth-order valence-electron chi connectivity index (χ4n) is 2.26. The minimum Gasteiger partial charge on any atom is -0.143 e. The third-order valence-corrected chi connectivity index (χ3v) is 3.35. The lowest BCUT2D eigenvalue weighted by atomic mass is 10.0. The van der Waals surface area contributed by atoms with E-state index in [0.717, 1.165) is 17.7 Å². The zero-order valence-corrected chi connectivity index (χ0v) is 9.30. The molecule has 0 saturated carbocycles. The van der Waals surface area contributed by atoms with Crippen LogP contribution in [-0.4, -0.2) is 0 Å². The van der Waals surface area contributed by atoms with Crippen LogP contribution in [0.25, 0.3) is 22.9 Å². The summed E-state index contributed by atoms with van der Waals surface area (Å²) < 4.78 is 0. The number of hydrogen-bond donors (Lipinski definition) is 1. The summed E-state index contributed by atoms with van der Waals surface area (Å²) in [6.45, 7) is 0. The first-order valence-electron chi connectivity index (χ1n) is 5.27. The lowest BCUT2D eigenvalue weighted by molar-refractivity contribution is 1.12. The molecule has 0 heterocycles. The Morgan fingerprint density at radius 2 is 1.67 bits per heavy atom. The predicted octanol–water partition coefficient (Wildman–Crippen LogP) is 2.48. The van der Waals surface area contributed by atoms with Crippen molar-refractivity contribution in [1.29, 1.82) is 0 Å². The molecule has 0 nitrogen and oxygen atoms in total. The highest BCUT2D eigenvalue weighted by Gasteiger charge is 2.02. The second kappa shape index (κ2) is 3.42. The van der Waals surface area contributed by atoms with E-state index in [1.165, 1.54) is 21.2 Å². The summed E-state index contributed by atoms with van der Waals surface area (Å²) in [7, 11) is 0. The van der Waals surface area contributed by atoms with Gasteiger partial charge in [0.05, 0.1) is 0 Å². The minimum atomic E-state index is 1.08. The zero-order chi connectivity index (χ0) is 10.3. The summed E-state index contributed by atoms with van der Waals surface area (Å²) in [5.41, 5.74) is 0. The molecule has 1 aliphatic rings. The van der Waals surface area contributed by atoms with Gasteiger partial charge in [-0.25, -0.2) is 0 Å². The lowest BCUT2D eigenvalue weighted by Gasteiger charge is -2.06. The largest absolute Gasteiger partial charge is 0.143 e. The lowest BCUT2D eigenvalue weighted by Crippen LogP contribution is -2.27. The SMILES string of the molecule is Sc1cc2c(c3ccccc13)=CCCC=2. The number of fused-ring (bicyclic) bond motifs is 3. The predicted molar refractivity (Wildman–Crippen MR) is 68.6 cm³/mol. The Bertz CT molecular complexity index is 638. The third-order valence-electron chi connectivity index (χ3n) is 2.98. The van der Waals surface area contributed by atoms with E-state index in [4.69, 9.17) is 0 Å². The molecule has 0 unspecified atom stereocenters. The molecule has 0 bridgehead atoms. The van der Waals surface area contributed by atoms with Gasteiger partial charge in [-0.3, -0.25) is 0 Å². The molecule has 3 rings (SSSR count). The monoisotopic (exact) mass is 212 g/mol. The Balaban J connectivity index is 2.63. The molecule has 0 aliphatic heterocycles. The van der Waals surface area contributed by atoms with E-state index in [2.05, 4.69) is 55.1 Å². The summed E-state index contributed by atoms with van der Waals surface area (Å²) in [4.78, 5) is 1.08. The molecule has 2 aromatic rings. The molecule has 1 aliphatic carbocycles. The molecule has 0 saturated heterocycles. The first-order valence-corrected chi connectivity index (χ1v) is 5.72. The van der Waals surface area contributed by atoms with Crippen LogP contribution >= 0.6 is 12.6 Å². The molecule has 74 valence electrons. The van der Waals surface area contributed by atoms with Gasteiger partial charge < -0.3 is 0 Å². The molecular formula is C14H12S. The van der Waals surface area contributed by atoms with Crippen LogP contribution in [0, 0.1) is 0 Å². The maximum Gasteiger partial charge on any atom is 0.0125 e. The molecule has 2 aromatic carbocycles. The van der Waals surface area contributed by atoms with Crippen LogP contribution in [0.4, 0.5) is 0 Å². The van der Waals surface area contributed by atoms with E-state index in [0.29, 0.717) is 0 Å². The second-order valence-corrected chi connectivity index (χ2v) is 4.41. The van der Waals surface area contributed by atoms with Crippen molar-refractivity contribution >= 4 is 35.6 Å². The fourth-order valence-corrected chi connectivity index (χ4v) is 2.60. The highest BCUT2D eigenvalue weighted by molar-refractivity contribution is 7.80. The number of thiol groups is 1. The van der Waals surface area contributed by atoms with Gasteiger partial charge in [0.1, 0.15) is 0 Å². The van der Waals surface area contributed by atoms with Gasteiger partial charge in [0, 0.05) is 4.90 Å². The van der Waals surface area contributed by atoms with E-state index in [1.807, 2.05) is 0 Å². The van der Waals surface area contributed by atoms with Crippen LogP contribution in [0.5, 0.6) is 0 Å². The van der Waals surface area contributed by atoms with E-state index in [9.17, 15) is 0 Å². The van der Waals surface area contributed by atoms with E-state index in [-0.39, 0.29) is 0 Å². The normalized spacial score (nSPS) is 14.2. The Labute approximate surface area is 94.3 Å². The van der Waals surface area contributed by atoms with Crippen LogP contribution in [0.3, 0.4) is 0 Å². The van der Waals surface area contributed by atoms with Crippen molar-refractivity contribution in [2.45, 2.75) is 17.7 Å². The number of rotatable bonds is 0. The van der Waals surface area contributed by atoms with Crippen molar-refractivity contribution in [2.75, 3.05) is 0 Å². The van der Waals surface area contributed by atoms with Gasteiger partial charge >= 0.3 is 0 Å². The smallest absolute Gasteiger partial charge is 0.0125 e. The molecule has 1 heteroatoms.